The molecule has 0 radical (unpaired) electrons. The average molecular weight is 360 g/mol. The number of aliphatic hydroxyl groups is 1. The van der Waals surface area contributed by atoms with Crippen molar-refractivity contribution < 1.29 is 37.3 Å². The van der Waals surface area contributed by atoms with E-state index < -0.39 is 30.2 Å². The minimum Gasteiger partial charge on any atom is -0.497 e. The zero-order chi connectivity index (χ0) is 18.8. The molecule has 0 aliphatic carbocycles. The van der Waals surface area contributed by atoms with Crippen LogP contribution in [0.15, 0.2) is 29.4 Å². The zero-order valence-electron chi connectivity index (χ0n) is 13.3. The summed E-state index contributed by atoms with van der Waals surface area (Å²) < 4.78 is 49.4. The summed E-state index contributed by atoms with van der Waals surface area (Å²) in [6.45, 7) is 1.17. The van der Waals surface area contributed by atoms with Gasteiger partial charge in [-0.2, -0.15) is 23.3 Å². The van der Waals surface area contributed by atoms with Gasteiger partial charge in [0.15, 0.2) is 0 Å². The smallest absolute Gasteiger partial charge is 0.438 e. The van der Waals surface area contributed by atoms with Crippen LogP contribution >= 0.6 is 0 Å². The van der Waals surface area contributed by atoms with Crippen LogP contribution < -0.4 is 4.74 Å². The van der Waals surface area contributed by atoms with Crippen molar-refractivity contribution in [1.29, 1.82) is 0 Å². The Morgan fingerprint density at radius 3 is 2.64 bits per heavy atom. The van der Waals surface area contributed by atoms with E-state index in [0.29, 0.717) is 5.75 Å². The lowest BCUT2D eigenvalue weighted by Gasteiger charge is -2.31. The third-order valence-corrected chi connectivity index (χ3v) is 3.48. The second kappa shape index (κ2) is 6.71. The van der Waals surface area contributed by atoms with Gasteiger partial charge >= 0.3 is 18.1 Å². The predicted octanol–water partition coefficient (Wildman–Crippen LogP) is 1.45. The number of alkyl halides is 3. The lowest BCUT2D eigenvalue weighted by Crippen LogP contribution is -2.58. The lowest BCUT2D eigenvalue weighted by molar-refractivity contribution is -0.302. The van der Waals surface area contributed by atoms with Crippen LogP contribution in [0, 0.1) is 0 Å². The summed E-state index contributed by atoms with van der Waals surface area (Å²) in [4.78, 5) is 23.5. The van der Waals surface area contributed by atoms with Gasteiger partial charge in [-0.15, -0.1) is 0 Å². The normalized spacial score (nSPS) is 20.2. The van der Waals surface area contributed by atoms with Crippen LogP contribution in [0.3, 0.4) is 0 Å². The number of ether oxygens (including phenoxy) is 2. The van der Waals surface area contributed by atoms with E-state index in [1.807, 2.05) is 0 Å². The first-order valence-electron chi connectivity index (χ1n) is 7.16. The van der Waals surface area contributed by atoms with Crippen LogP contribution in [0.5, 0.6) is 5.75 Å². The Kier molecular flexibility index (Phi) is 5.02. The number of hydrogen-bond acceptors (Lipinski definition) is 6. The van der Waals surface area contributed by atoms with Crippen LogP contribution in [0.1, 0.15) is 18.9 Å². The van der Waals surface area contributed by atoms with Gasteiger partial charge in [0, 0.05) is 5.56 Å². The quantitative estimate of drug-likeness (QED) is 0.651. The van der Waals surface area contributed by atoms with Gasteiger partial charge in [0.25, 0.3) is 5.72 Å². The summed E-state index contributed by atoms with van der Waals surface area (Å²) >= 11 is 0. The first kappa shape index (κ1) is 18.7. The summed E-state index contributed by atoms with van der Waals surface area (Å²) in [7, 11) is 1.37. The van der Waals surface area contributed by atoms with Crippen LogP contribution in [-0.4, -0.2) is 53.3 Å². The Hall–Kier alpha value is -2.62. The number of benzene rings is 1. The highest BCUT2D eigenvalue weighted by molar-refractivity contribution is 6.33. The molecule has 0 aromatic heterocycles. The molecule has 1 atom stereocenters. The molecule has 0 fully saturated rings. The summed E-state index contributed by atoms with van der Waals surface area (Å²) in [6.07, 6.45) is -6.27. The van der Waals surface area contributed by atoms with Crippen molar-refractivity contribution in [1.82, 2.24) is 5.01 Å². The van der Waals surface area contributed by atoms with Crippen molar-refractivity contribution in [2.24, 2.45) is 5.10 Å². The van der Waals surface area contributed by atoms with Crippen molar-refractivity contribution in [3.05, 3.63) is 29.8 Å². The summed E-state index contributed by atoms with van der Waals surface area (Å²) in [5.41, 5.74) is -3.66. The van der Waals surface area contributed by atoms with E-state index >= 15 is 0 Å². The largest absolute Gasteiger partial charge is 0.497 e. The number of rotatable bonds is 3. The minimum absolute atomic E-state index is 0.209. The molecular formula is C15H15F3N2O5. The summed E-state index contributed by atoms with van der Waals surface area (Å²) in [5.74, 6) is -2.90. The van der Waals surface area contributed by atoms with E-state index in [-0.39, 0.29) is 22.9 Å². The van der Waals surface area contributed by atoms with Gasteiger partial charge in [-0.25, -0.2) is 4.79 Å². The van der Waals surface area contributed by atoms with E-state index in [9.17, 15) is 27.9 Å². The van der Waals surface area contributed by atoms with E-state index in [2.05, 4.69) is 9.84 Å². The summed E-state index contributed by atoms with van der Waals surface area (Å²) in [6, 6.07) is 5.92. The Morgan fingerprint density at radius 2 is 2.08 bits per heavy atom. The first-order valence-corrected chi connectivity index (χ1v) is 7.16. The van der Waals surface area contributed by atoms with Crippen LogP contribution in [0.4, 0.5) is 13.2 Å². The maximum absolute atomic E-state index is 13.3. The van der Waals surface area contributed by atoms with Gasteiger partial charge in [0.05, 0.1) is 25.8 Å². The maximum atomic E-state index is 13.3. The standard InChI is InChI=1S/C15H15F3N2O5/c1-3-25-13(22)12(21)20-14(23,15(16,17)18)8-11(19-20)9-5-4-6-10(7-9)24-2/h4-7,23H,3,8H2,1-2H3. The second-order valence-electron chi connectivity index (χ2n) is 5.11. The number of carbonyl (C=O) groups is 2. The van der Waals surface area contributed by atoms with Crippen LogP contribution in [0.2, 0.25) is 0 Å². The molecule has 1 aromatic rings. The van der Waals surface area contributed by atoms with Gasteiger partial charge in [0.1, 0.15) is 5.75 Å². The molecule has 0 bridgehead atoms. The Balaban J connectivity index is 2.45. The molecule has 1 aliphatic heterocycles. The Morgan fingerprint density at radius 1 is 1.40 bits per heavy atom. The third-order valence-electron chi connectivity index (χ3n) is 3.48. The highest BCUT2D eigenvalue weighted by Gasteiger charge is 2.64. The fraction of sp³-hybridized carbons (Fsp3) is 0.400. The first-order chi connectivity index (χ1) is 11.6. The topological polar surface area (TPSA) is 88.4 Å². The molecule has 2 rings (SSSR count). The van der Waals surface area contributed by atoms with Crippen molar-refractivity contribution in [3.63, 3.8) is 0 Å². The van der Waals surface area contributed by atoms with E-state index in [4.69, 9.17) is 4.74 Å². The minimum atomic E-state index is -5.24. The number of halogens is 3. The number of carbonyl (C=O) groups excluding carboxylic acids is 2. The Labute approximate surface area is 140 Å². The molecule has 0 saturated heterocycles. The van der Waals surface area contributed by atoms with Crippen molar-refractivity contribution in [2.45, 2.75) is 25.2 Å². The molecule has 1 N–H and O–H groups in total. The number of hydrogen-bond donors (Lipinski definition) is 1. The molecular weight excluding hydrogens is 345 g/mol. The van der Waals surface area contributed by atoms with Crippen molar-refractivity contribution in [3.8, 4) is 5.75 Å². The lowest BCUT2D eigenvalue weighted by atomic mass is 10.0. The predicted molar refractivity (Wildman–Crippen MR) is 78.6 cm³/mol. The number of amides is 1. The second-order valence-corrected chi connectivity index (χ2v) is 5.11. The average Bonchev–Trinajstić information content (AvgIpc) is 2.93. The molecule has 1 heterocycles. The van der Waals surface area contributed by atoms with Gasteiger partial charge in [-0.05, 0) is 19.1 Å². The molecule has 0 saturated carbocycles. The van der Waals surface area contributed by atoms with Gasteiger partial charge in [-0.1, -0.05) is 12.1 Å². The molecule has 1 aromatic carbocycles. The molecule has 25 heavy (non-hydrogen) atoms. The number of hydrazone groups is 1. The number of methoxy groups -OCH3 is 1. The monoisotopic (exact) mass is 360 g/mol. The molecule has 0 spiro atoms. The van der Waals surface area contributed by atoms with Crippen LogP contribution in [-0.2, 0) is 14.3 Å². The Bertz CT molecular complexity index is 719. The van der Waals surface area contributed by atoms with Crippen molar-refractivity contribution >= 4 is 17.6 Å². The number of esters is 1. The van der Waals surface area contributed by atoms with E-state index in [1.165, 1.54) is 32.2 Å². The third kappa shape index (κ3) is 3.43. The zero-order valence-corrected chi connectivity index (χ0v) is 13.3. The van der Waals surface area contributed by atoms with Gasteiger partial charge in [-0.3, -0.25) is 4.79 Å². The molecule has 7 nitrogen and oxygen atoms in total. The molecule has 1 amide bonds. The SMILES string of the molecule is CCOC(=O)C(=O)N1N=C(c2cccc(OC)c2)CC1(O)C(F)(F)F. The summed E-state index contributed by atoms with van der Waals surface area (Å²) in [5, 5.41) is 13.3. The van der Waals surface area contributed by atoms with Gasteiger partial charge in [0.2, 0.25) is 0 Å². The van der Waals surface area contributed by atoms with E-state index in [1.54, 1.807) is 6.07 Å². The molecule has 1 aliphatic rings. The highest BCUT2D eigenvalue weighted by Crippen LogP contribution is 2.41. The maximum Gasteiger partial charge on any atom is 0.438 e. The fourth-order valence-corrected chi connectivity index (χ4v) is 2.22. The fourth-order valence-electron chi connectivity index (χ4n) is 2.22. The van der Waals surface area contributed by atoms with Gasteiger partial charge < -0.3 is 14.6 Å². The molecule has 10 heteroatoms. The molecule has 1 unspecified atom stereocenters. The molecule has 136 valence electrons. The van der Waals surface area contributed by atoms with Crippen LogP contribution in [0.25, 0.3) is 0 Å². The van der Waals surface area contributed by atoms with Crippen molar-refractivity contribution in [2.75, 3.05) is 13.7 Å². The van der Waals surface area contributed by atoms with E-state index in [0.717, 1.165) is 0 Å². The highest BCUT2D eigenvalue weighted by atomic mass is 19.4. The number of nitrogens with zero attached hydrogens (tertiary/aromatic N) is 2.